The van der Waals surface area contributed by atoms with Gasteiger partial charge in [-0.05, 0) is 33.4 Å². The first-order chi connectivity index (χ1) is 39.2. The predicted molar refractivity (Wildman–Crippen MR) is 293 cm³/mol. The molecular weight excluding hydrogens is 1010 g/mol. The van der Waals surface area contributed by atoms with Gasteiger partial charge in [0.25, 0.3) is 0 Å². The second-order valence-corrected chi connectivity index (χ2v) is 19.4. The zero-order valence-electron chi connectivity index (χ0n) is 44.9. The fourth-order valence-electron chi connectivity index (χ4n) is 9.59. The van der Waals surface area contributed by atoms with E-state index in [1.165, 1.54) is 0 Å². The van der Waals surface area contributed by atoms with Gasteiger partial charge in [-0.3, -0.25) is 0 Å². The van der Waals surface area contributed by atoms with Crippen LogP contribution in [-0.2, 0) is 111 Å². The van der Waals surface area contributed by atoms with Crippen molar-refractivity contribution in [3.8, 4) is 0 Å². The average Bonchev–Trinajstić information content (AvgIpc) is 3.52. The Hall–Kier alpha value is -5.28. The number of hydrogen-bond donors (Lipinski definition) is 0. The van der Waals surface area contributed by atoms with Gasteiger partial charge in [0.15, 0.2) is 12.6 Å². The molecule has 79 heavy (non-hydrogen) atoms. The van der Waals surface area contributed by atoms with E-state index >= 15 is 0 Å². The van der Waals surface area contributed by atoms with E-state index in [1.54, 1.807) is 0 Å². The Morgan fingerprint density at radius 1 is 0.278 bits per heavy atom. The van der Waals surface area contributed by atoms with Crippen molar-refractivity contribution in [3.05, 3.63) is 215 Å². The average molecular weight is 1090 g/mol. The summed E-state index contributed by atoms with van der Waals surface area (Å²) >= 11 is 0. The zero-order chi connectivity index (χ0) is 53.8. The monoisotopic (exact) mass is 1080 g/mol. The van der Waals surface area contributed by atoms with E-state index in [1.807, 2.05) is 182 Å². The fraction of sp³-hybridized carbons (Fsp3) is 0.438. The molecule has 0 aliphatic carbocycles. The van der Waals surface area contributed by atoms with Crippen LogP contribution in [-0.4, -0.2) is 141 Å². The molecule has 3 saturated heterocycles. The highest BCUT2D eigenvalue weighted by atomic mass is 16.8. The summed E-state index contributed by atoms with van der Waals surface area (Å²) in [5, 5.41) is 0. The minimum atomic E-state index is -0.961. The third-order valence-electron chi connectivity index (χ3n) is 13.6. The number of fused-ring (bicyclic) bond motifs is 2. The van der Waals surface area contributed by atoms with Crippen molar-refractivity contribution in [1.82, 2.24) is 0 Å². The maximum absolute atomic E-state index is 6.95. The van der Waals surface area contributed by atoms with Crippen LogP contribution in [0.25, 0.3) is 0 Å². The van der Waals surface area contributed by atoms with Gasteiger partial charge in [0.1, 0.15) is 48.8 Å². The smallest absolute Gasteiger partial charge is 0.187 e. The molecule has 0 spiro atoms. The van der Waals surface area contributed by atoms with Gasteiger partial charge in [0, 0.05) is 0 Å². The highest BCUT2D eigenvalue weighted by Crippen LogP contribution is 2.33. The molecule has 0 aromatic heterocycles. The van der Waals surface area contributed by atoms with Crippen LogP contribution in [0.5, 0.6) is 0 Å². The van der Waals surface area contributed by atoms with E-state index < -0.39 is 61.4 Å². The summed E-state index contributed by atoms with van der Waals surface area (Å²) in [6.45, 7) is 4.83. The number of hydrogen-bond acceptors (Lipinski definition) is 15. The molecule has 3 aliphatic rings. The normalized spacial score (nSPS) is 26.0. The second kappa shape index (κ2) is 33.5. The summed E-state index contributed by atoms with van der Waals surface area (Å²) in [4.78, 5) is 0. The first-order valence-electron chi connectivity index (χ1n) is 27.6. The summed E-state index contributed by atoms with van der Waals surface area (Å²) in [5.41, 5.74) is 6.03. The van der Waals surface area contributed by atoms with Gasteiger partial charge < -0.3 is 71.1 Å². The van der Waals surface area contributed by atoms with Gasteiger partial charge in [-0.25, -0.2) is 0 Å². The Kier molecular flexibility index (Phi) is 24.7. The van der Waals surface area contributed by atoms with Crippen LogP contribution in [0.1, 0.15) is 33.4 Å². The van der Waals surface area contributed by atoms with Crippen LogP contribution in [0, 0.1) is 0 Å². The van der Waals surface area contributed by atoms with Crippen molar-refractivity contribution in [2.75, 3.05) is 79.3 Å². The molecule has 0 bridgehead atoms. The van der Waals surface area contributed by atoms with Crippen LogP contribution >= 0.6 is 0 Å². The fourth-order valence-corrected chi connectivity index (χ4v) is 9.59. The molecule has 3 fully saturated rings. The molecule has 9 rings (SSSR count). The Labute approximate surface area is 465 Å². The molecule has 0 radical (unpaired) electrons. The largest absolute Gasteiger partial charge is 0.377 e. The van der Waals surface area contributed by atoms with Crippen molar-refractivity contribution in [1.29, 1.82) is 0 Å². The van der Waals surface area contributed by atoms with Gasteiger partial charge in [0.2, 0.25) is 0 Å². The van der Waals surface area contributed by atoms with Gasteiger partial charge in [-0.2, -0.15) is 0 Å². The first kappa shape index (κ1) is 58.4. The summed E-state index contributed by atoms with van der Waals surface area (Å²) in [6, 6.07) is 60.2. The molecule has 0 N–H and O–H groups in total. The van der Waals surface area contributed by atoms with E-state index in [-0.39, 0.29) is 66.1 Å². The maximum atomic E-state index is 6.95. The number of rotatable bonds is 20. The highest BCUT2D eigenvalue weighted by Gasteiger charge is 2.51. The quantitative estimate of drug-likeness (QED) is 0.0718. The van der Waals surface area contributed by atoms with Crippen LogP contribution < -0.4 is 0 Å². The number of benzene rings is 6. The summed E-state index contributed by atoms with van der Waals surface area (Å²) in [7, 11) is 0. The van der Waals surface area contributed by atoms with E-state index in [0.29, 0.717) is 52.9 Å². The summed E-state index contributed by atoms with van der Waals surface area (Å²) in [6.07, 6.45) is -7.45. The minimum absolute atomic E-state index is 0.0608. The van der Waals surface area contributed by atoms with Gasteiger partial charge in [-0.15, -0.1) is 0 Å². The van der Waals surface area contributed by atoms with Gasteiger partial charge >= 0.3 is 0 Å². The van der Waals surface area contributed by atoms with Crippen molar-refractivity contribution in [3.63, 3.8) is 0 Å². The Morgan fingerprint density at radius 2 is 0.532 bits per heavy atom. The Morgan fingerprint density at radius 3 is 0.835 bits per heavy atom. The highest BCUT2D eigenvalue weighted by molar-refractivity contribution is 5.18. The molecule has 6 aromatic rings. The Balaban J connectivity index is 0.992. The summed E-state index contributed by atoms with van der Waals surface area (Å²) in [5.74, 6) is 0. The molecule has 15 heteroatoms. The third-order valence-corrected chi connectivity index (χ3v) is 13.6. The van der Waals surface area contributed by atoms with E-state index in [2.05, 4.69) is 0 Å². The van der Waals surface area contributed by atoms with Crippen LogP contribution in [0.15, 0.2) is 182 Å². The summed E-state index contributed by atoms with van der Waals surface area (Å²) < 4.78 is 99.2. The van der Waals surface area contributed by atoms with Crippen LogP contribution in [0.4, 0.5) is 0 Å². The lowest BCUT2D eigenvalue weighted by atomic mass is 9.97. The molecule has 15 nitrogen and oxygen atoms in total. The molecule has 3 aliphatic heterocycles. The zero-order valence-corrected chi connectivity index (χ0v) is 44.9. The lowest BCUT2D eigenvalue weighted by Gasteiger charge is -2.46. The Bertz CT molecular complexity index is 2330. The molecule has 0 amide bonds. The lowest BCUT2D eigenvalue weighted by Crippen LogP contribution is -2.62. The SMILES string of the molecule is c1ccc(COC[C@H]2O[C@H]3OCCO[C@@H]4O[C@H](COCc5ccccc5)[C@@H](OCc5ccccc5)[C@H](OCc5ccccc5)[C@H]4OCCOCCOCCOCCO[C@@H]3[C@@H](OCc3ccccc3)[C@@H]2OCc2ccccc2)cc1. The van der Waals surface area contributed by atoms with Crippen LogP contribution in [0.3, 0.4) is 0 Å². The first-order valence-corrected chi connectivity index (χ1v) is 27.6. The maximum Gasteiger partial charge on any atom is 0.187 e. The predicted octanol–water partition coefficient (Wildman–Crippen LogP) is 9.08. The molecular formula is C64H76O15. The molecule has 422 valence electrons. The molecule has 0 saturated carbocycles. The standard InChI is InChI=1S/C64H76O15/c1-7-19-49(20-8-1)41-68-47-55-57(74-43-51-23-11-3-12-24-51)59(76-45-53-27-15-5-16-28-53)61-63(78-55)72-39-40-73-64-62(71-38-36-67-34-32-65-31-33-66-35-37-70-61)60(77-46-54-29-17-6-18-30-54)58(75-44-52-25-13-4-14-26-52)56(79-64)48-69-42-50-21-9-2-10-22-50/h1-30,55-64H,31-48H2/t55-,56-,57-,58-,59+,60+,61-,62-,63-,64-/m1/s1. The number of ether oxygens (including phenoxy) is 15. The third kappa shape index (κ3) is 19.2. The van der Waals surface area contributed by atoms with Gasteiger partial charge in [0.05, 0.1) is 119 Å². The van der Waals surface area contributed by atoms with E-state index in [0.717, 1.165) is 33.4 Å². The molecule has 0 unspecified atom stereocenters. The topological polar surface area (TPSA) is 138 Å². The van der Waals surface area contributed by atoms with Crippen LogP contribution in [0.2, 0.25) is 0 Å². The van der Waals surface area contributed by atoms with E-state index in [9.17, 15) is 0 Å². The van der Waals surface area contributed by atoms with Crippen molar-refractivity contribution < 1.29 is 71.1 Å². The van der Waals surface area contributed by atoms with Gasteiger partial charge in [-0.1, -0.05) is 182 Å². The molecule has 6 aromatic carbocycles. The lowest BCUT2D eigenvalue weighted by molar-refractivity contribution is -0.340. The van der Waals surface area contributed by atoms with Crippen molar-refractivity contribution in [2.45, 2.75) is 101 Å². The van der Waals surface area contributed by atoms with Crippen molar-refractivity contribution >= 4 is 0 Å². The minimum Gasteiger partial charge on any atom is -0.377 e. The second-order valence-electron chi connectivity index (χ2n) is 19.4. The molecule has 3 heterocycles. The van der Waals surface area contributed by atoms with Crippen molar-refractivity contribution in [2.24, 2.45) is 0 Å². The van der Waals surface area contributed by atoms with E-state index in [4.69, 9.17) is 71.1 Å². The molecule has 10 atom stereocenters.